The summed E-state index contributed by atoms with van der Waals surface area (Å²) in [6.45, 7) is 3.15. The van der Waals surface area contributed by atoms with E-state index in [1.807, 2.05) is 12.3 Å². The van der Waals surface area contributed by atoms with Gasteiger partial charge in [0.2, 0.25) is 0 Å². The third kappa shape index (κ3) is 2.93. The highest BCUT2D eigenvalue weighted by Gasteiger charge is 2.19. The van der Waals surface area contributed by atoms with Gasteiger partial charge in [0, 0.05) is 24.8 Å². The number of pyridine rings is 1. The number of thiophene rings is 1. The zero-order chi connectivity index (χ0) is 18.9. The fraction of sp³-hybridized carbons (Fsp3) is 0.238. The Labute approximate surface area is 166 Å². The first-order valence-electron chi connectivity index (χ1n) is 9.22. The lowest BCUT2D eigenvalue weighted by Crippen LogP contribution is -2.36. The highest BCUT2D eigenvalue weighted by atomic mass is 32.1. The molecule has 4 heterocycles. The second-order valence-electron chi connectivity index (χ2n) is 6.65. The molecule has 0 bridgehead atoms. The van der Waals surface area contributed by atoms with Gasteiger partial charge in [0.1, 0.15) is 11.4 Å². The van der Waals surface area contributed by atoms with Gasteiger partial charge in [-0.15, -0.1) is 0 Å². The van der Waals surface area contributed by atoms with Crippen LogP contribution in [0.2, 0.25) is 0 Å². The van der Waals surface area contributed by atoms with Crippen molar-refractivity contribution in [2.75, 3.05) is 38.3 Å². The Morgan fingerprint density at radius 3 is 2.82 bits per heavy atom. The molecule has 4 aromatic rings. The number of morpholine rings is 1. The lowest BCUT2D eigenvalue weighted by atomic mass is 10.0. The monoisotopic (exact) mass is 392 g/mol. The van der Waals surface area contributed by atoms with Crippen LogP contribution < -0.4 is 9.64 Å². The van der Waals surface area contributed by atoms with Crippen molar-refractivity contribution in [3.63, 3.8) is 0 Å². The van der Waals surface area contributed by atoms with Crippen LogP contribution in [-0.2, 0) is 4.74 Å². The Morgan fingerprint density at radius 2 is 2.04 bits per heavy atom. The van der Waals surface area contributed by atoms with Crippen LogP contribution in [0.4, 0.5) is 5.69 Å². The SMILES string of the molecule is COc1ccc(-c2n[nH]c3nccc(-c4ccsc4)c23)cc1N1CCOCC1. The molecule has 1 aliphatic rings. The number of rotatable bonds is 4. The summed E-state index contributed by atoms with van der Waals surface area (Å²) in [6, 6.07) is 10.4. The number of hydrogen-bond donors (Lipinski definition) is 1. The van der Waals surface area contributed by atoms with Gasteiger partial charge in [-0.1, -0.05) is 0 Å². The first-order chi connectivity index (χ1) is 13.8. The number of aromatic nitrogens is 3. The largest absolute Gasteiger partial charge is 0.495 e. The molecule has 1 N–H and O–H groups in total. The fourth-order valence-electron chi connectivity index (χ4n) is 3.71. The molecule has 0 spiro atoms. The first-order valence-corrected chi connectivity index (χ1v) is 10.2. The summed E-state index contributed by atoms with van der Waals surface area (Å²) in [5.41, 5.74) is 6.13. The first kappa shape index (κ1) is 17.2. The Bertz CT molecular complexity index is 1100. The van der Waals surface area contributed by atoms with E-state index in [1.165, 1.54) is 5.56 Å². The minimum atomic E-state index is 0.727. The van der Waals surface area contributed by atoms with Crippen LogP contribution in [0.1, 0.15) is 0 Å². The topological polar surface area (TPSA) is 63.3 Å². The lowest BCUT2D eigenvalue weighted by Gasteiger charge is -2.30. The minimum Gasteiger partial charge on any atom is -0.495 e. The highest BCUT2D eigenvalue weighted by Crippen LogP contribution is 2.38. The predicted molar refractivity (Wildman–Crippen MR) is 112 cm³/mol. The van der Waals surface area contributed by atoms with Crippen LogP contribution in [-0.4, -0.2) is 48.6 Å². The van der Waals surface area contributed by atoms with E-state index in [2.05, 4.69) is 55.1 Å². The van der Waals surface area contributed by atoms with E-state index < -0.39 is 0 Å². The molecule has 0 saturated carbocycles. The maximum absolute atomic E-state index is 5.62. The van der Waals surface area contributed by atoms with Crippen LogP contribution in [0.25, 0.3) is 33.4 Å². The van der Waals surface area contributed by atoms with E-state index in [-0.39, 0.29) is 0 Å². The second kappa shape index (κ2) is 7.26. The number of aromatic amines is 1. The molecular formula is C21H20N4O2S. The molecule has 0 unspecified atom stereocenters. The minimum absolute atomic E-state index is 0.727. The summed E-state index contributed by atoms with van der Waals surface area (Å²) >= 11 is 1.69. The molecule has 1 fully saturated rings. The molecule has 1 aliphatic heterocycles. The number of fused-ring (bicyclic) bond motifs is 1. The molecular weight excluding hydrogens is 372 g/mol. The van der Waals surface area contributed by atoms with Gasteiger partial charge in [-0.2, -0.15) is 16.4 Å². The average molecular weight is 392 g/mol. The second-order valence-corrected chi connectivity index (χ2v) is 7.43. The normalized spacial score (nSPS) is 14.5. The van der Waals surface area contributed by atoms with Gasteiger partial charge in [0.15, 0.2) is 5.65 Å². The molecule has 0 amide bonds. The molecule has 142 valence electrons. The van der Waals surface area contributed by atoms with Gasteiger partial charge in [-0.05, 0) is 52.2 Å². The zero-order valence-electron chi connectivity index (χ0n) is 15.5. The van der Waals surface area contributed by atoms with Gasteiger partial charge in [-0.25, -0.2) is 4.98 Å². The van der Waals surface area contributed by atoms with Crippen LogP contribution >= 0.6 is 11.3 Å². The molecule has 6 nitrogen and oxygen atoms in total. The lowest BCUT2D eigenvalue weighted by molar-refractivity contribution is 0.122. The maximum Gasteiger partial charge on any atom is 0.156 e. The Balaban J connectivity index is 1.66. The van der Waals surface area contributed by atoms with Gasteiger partial charge in [-0.3, -0.25) is 5.10 Å². The number of hydrogen-bond acceptors (Lipinski definition) is 6. The van der Waals surface area contributed by atoms with Crippen molar-refractivity contribution in [3.8, 4) is 28.1 Å². The van der Waals surface area contributed by atoms with E-state index in [0.717, 1.165) is 65.6 Å². The molecule has 0 aliphatic carbocycles. The molecule has 1 aromatic carbocycles. The number of benzene rings is 1. The summed E-state index contributed by atoms with van der Waals surface area (Å²) in [6.07, 6.45) is 1.82. The Morgan fingerprint density at radius 1 is 1.14 bits per heavy atom. The quantitative estimate of drug-likeness (QED) is 0.564. The average Bonchev–Trinajstić information content (AvgIpc) is 3.44. The molecule has 0 radical (unpaired) electrons. The van der Waals surface area contributed by atoms with Crippen molar-refractivity contribution < 1.29 is 9.47 Å². The van der Waals surface area contributed by atoms with Gasteiger partial charge < -0.3 is 14.4 Å². The number of nitrogens with one attached hydrogen (secondary N) is 1. The van der Waals surface area contributed by atoms with E-state index in [9.17, 15) is 0 Å². The highest BCUT2D eigenvalue weighted by molar-refractivity contribution is 7.08. The van der Waals surface area contributed by atoms with Crippen molar-refractivity contribution in [1.29, 1.82) is 0 Å². The standard InChI is InChI=1S/C21H20N4O2S/c1-26-18-3-2-14(12-17(18)25-7-9-27-10-8-25)20-19-16(15-5-11-28-13-15)4-6-22-21(19)24-23-20/h2-6,11-13H,7-10H2,1H3,(H,22,23,24). The van der Waals surface area contributed by atoms with Crippen LogP contribution in [0.3, 0.4) is 0 Å². The summed E-state index contributed by atoms with van der Waals surface area (Å²) in [5, 5.41) is 13.0. The Kier molecular flexibility index (Phi) is 4.46. The van der Waals surface area contributed by atoms with Crippen molar-refractivity contribution >= 4 is 28.1 Å². The molecule has 7 heteroatoms. The van der Waals surface area contributed by atoms with E-state index >= 15 is 0 Å². The van der Waals surface area contributed by atoms with Crippen molar-refractivity contribution in [2.24, 2.45) is 0 Å². The number of anilines is 1. The van der Waals surface area contributed by atoms with Gasteiger partial charge in [0.05, 0.1) is 31.4 Å². The summed E-state index contributed by atoms with van der Waals surface area (Å²) in [7, 11) is 1.71. The van der Waals surface area contributed by atoms with Crippen LogP contribution in [0, 0.1) is 0 Å². The zero-order valence-corrected chi connectivity index (χ0v) is 16.3. The molecule has 5 rings (SSSR count). The summed E-state index contributed by atoms with van der Waals surface area (Å²) in [5.74, 6) is 0.863. The van der Waals surface area contributed by atoms with E-state index in [1.54, 1.807) is 18.4 Å². The van der Waals surface area contributed by atoms with Crippen molar-refractivity contribution in [3.05, 3.63) is 47.3 Å². The third-order valence-electron chi connectivity index (χ3n) is 5.10. The van der Waals surface area contributed by atoms with E-state index in [0.29, 0.717) is 0 Å². The third-order valence-corrected chi connectivity index (χ3v) is 5.78. The molecule has 0 atom stereocenters. The fourth-order valence-corrected chi connectivity index (χ4v) is 4.36. The predicted octanol–water partition coefficient (Wildman–Crippen LogP) is 4.20. The van der Waals surface area contributed by atoms with Crippen LogP contribution in [0.15, 0.2) is 47.3 Å². The number of nitrogens with zero attached hydrogens (tertiary/aromatic N) is 3. The Hall–Kier alpha value is -2.90. The van der Waals surface area contributed by atoms with Gasteiger partial charge in [0.25, 0.3) is 0 Å². The number of ether oxygens (including phenoxy) is 2. The summed E-state index contributed by atoms with van der Waals surface area (Å²) in [4.78, 5) is 6.78. The molecule has 28 heavy (non-hydrogen) atoms. The number of methoxy groups -OCH3 is 1. The van der Waals surface area contributed by atoms with Crippen molar-refractivity contribution in [2.45, 2.75) is 0 Å². The van der Waals surface area contributed by atoms with Gasteiger partial charge >= 0.3 is 0 Å². The smallest absolute Gasteiger partial charge is 0.156 e. The van der Waals surface area contributed by atoms with E-state index in [4.69, 9.17) is 9.47 Å². The molecule has 3 aromatic heterocycles. The maximum atomic E-state index is 5.62. The number of H-pyrrole nitrogens is 1. The molecule has 1 saturated heterocycles. The van der Waals surface area contributed by atoms with Crippen molar-refractivity contribution in [1.82, 2.24) is 15.2 Å². The summed E-state index contributed by atoms with van der Waals surface area (Å²) < 4.78 is 11.1. The van der Waals surface area contributed by atoms with Crippen LogP contribution in [0.5, 0.6) is 5.75 Å².